The Kier molecular flexibility index (Phi) is 13.0. The molecule has 9 nitrogen and oxygen atoms in total. The van der Waals surface area contributed by atoms with Gasteiger partial charge in [-0.2, -0.15) is 0 Å². The number of methoxy groups -OCH3 is 2. The first-order valence-corrected chi connectivity index (χ1v) is 16.1. The average Bonchev–Trinajstić information content (AvgIpc) is 3.03. The monoisotopic (exact) mass is 598 g/mol. The zero-order valence-corrected chi connectivity index (χ0v) is 25.5. The molecule has 42 heavy (non-hydrogen) atoms. The second-order valence-electron chi connectivity index (χ2n) is 9.96. The van der Waals surface area contributed by atoms with Gasteiger partial charge in [0.2, 0.25) is 0 Å². The first kappa shape index (κ1) is 33.3. The number of hydrogen-bond acceptors (Lipinski definition) is 9. The van der Waals surface area contributed by atoms with Gasteiger partial charge in [0, 0.05) is 19.6 Å². The van der Waals surface area contributed by atoms with Crippen LogP contribution in [-0.2, 0) is 24.3 Å². The van der Waals surface area contributed by atoms with Crippen molar-refractivity contribution in [1.29, 1.82) is 0 Å². The van der Waals surface area contributed by atoms with E-state index < -0.39 is 26.5 Å². The Balaban J connectivity index is 1.66. The summed E-state index contributed by atoms with van der Waals surface area (Å²) in [6, 6.07) is 25.4. The molecule has 0 amide bonds. The van der Waals surface area contributed by atoms with Gasteiger partial charge in [-0.05, 0) is 60.2 Å². The van der Waals surface area contributed by atoms with Gasteiger partial charge < -0.3 is 38.1 Å². The topological polar surface area (TPSA) is 124 Å². The van der Waals surface area contributed by atoms with Gasteiger partial charge in [0.15, 0.2) is 0 Å². The Morgan fingerprint density at radius 1 is 0.762 bits per heavy atom. The summed E-state index contributed by atoms with van der Waals surface area (Å²) in [6.45, 7) is 0.154. The van der Waals surface area contributed by atoms with Crippen LogP contribution >= 0.6 is 0 Å². The first-order chi connectivity index (χ1) is 20.2. The number of ether oxygens (including phenoxy) is 4. The fourth-order valence-corrected chi connectivity index (χ4v) is 5.68. The summed E-state index contributed by atoms with van der Waals surface area (Å²) < 4.78 is 27.6. The molecular formula is C32H42O9Si. The standard InChI is InChI=1S/C32H42O9Si/c1-37-29-17-12-26(13-18-29)32(25-9-5-4-6-10-25,27-14-19-30(38-2)20-15-27)41-23-22-40-31(34)21-16-28(33)11-7-8-24-42(35,36)39-3/h4-6,9-10,12-15,17-20,28,33,35-36H,7-8,11,16,21-24H2,1-3H3. The van der Waals surface area contributed by atoms with E-state index in [4.69, 9.17) is 23.4 Å². The second kappa shape index (κ2) is 16.4. The second-order valence-corrected chi connectivity index (χ2v) is 12.4. The molecule has 0 saturated carbocycles. The lowest BCUT2D eigenvalue weighted by Gasteiger charge is -2.36. The molecule has 0 aliphatic heterocycles. The van der Waals surface area contributed by atoms with Gasteiger partial charge in [0.1, 0.15) is 23.7 Å². The number of carbonyl (C=O) groups is 1. The lowest BCUT2D eigenvalue weighted by Crippen LogP contribution is -2.37. The SMILES string of the molecule is COc1ccc(C(OCCOC(=O)CCC(O)CCCC[Si](O)(O)OC)(c2ccccc2)c2ccc(OC)cc2)cc1. The molecule has 0 aromatic heterocycles. The lowest BCUT2D eigenvalue weighted by atomic mass is 9.80. The highest BCUT2D eigenvalue weighted by Gasteiger charge is 2.38. The quantitative estimate of drug-likeness (QED) is 0.0844. The molecule has 1 atom stereocenters. The summed E-state index contributed by atoms with van der Waals surface area (Å²) in [5.74, 6) is 1.02. The van der Waals surface area contributed by atoms with Crippen molar-refractivity contribution in [3.8, 4) is 11.5 Å². The molecule has 0 aliphatic rings. The van der Waals surface area contributed by atoms with Crippen LogP contribution in [0.15, 0.2) is 78.9 Å². The number of aliphatic hydroxyl groups excluding tert-OH is 1. The maximum atomic E-state index is 12.4. The van der Waals surface area contributed by atoms with E-state index in [1.807, 2.05) is 78.9 Å². The average molecular weight is 599 g/mol. The number of carbonyl (C=O) groups excluding carboxylic acids is 1. The van der Waals surface area contributed by atoms with E-state index in [2.05, 4.69) is 0 Å². The van der Waals surface area contributed by atoms with Crippen molar-refractivity contribution in [1.82, 2.24) is 0 Å². The van der Waals surface area contributed by atoms with E-state index in [0.717, 1.165) is 28.2 Å². The van der Waals surface area contributed by atoms with Gasteiger partial charge >= 0.3 is 14.8 Å². The smallest absolute Gasteiger partial charge is 0.495 e. The van der Waals surface area contributed by atoms with Crippen molar-refractivity contribution in [3.05, 3.63) is 95.6 Å². The summed E-state index contributed by atoms with van der Waals surface area (Å²) in [5.41, 5.74) is 1.65. The molecule has 0 saturated heterocycles. The number of benzene rings is 3. The number of unbranched alkanes of at least 4 members (excludes halogenated alkanes) is 1. The normalized spacial score (nSPS) is 12.5. The molecule has 0 aliphatic carbocycles. The largest absolute Gasteiger partial charge is 0.497 e. The molecule has 3 N–H and O–H groups in total. The third kappa shape index (κ3) is 9.38. The lowest BCUT2D eigenvalue weighted by molar-refractivity contribution is -0.147. The van der Waals surface area contributed by atoms with Crippen molar-refractivity contribution in [2.75, 3.05) is 34.5 Å². The third-order valence-electron chi connectivity index (χ3n) is 7.14. The van der Waals surface area contributed by atoms with Crippen LogP contribution in [-0.4, -0.2) is 70.1 Å². The molecule has 0 bridgehead atoms. The highest BCUT2D eigenvalue weighted by atomic mass is 28.4. The molecule has 1 unspecified atom stereocenters. The molecule has 3 aromatic carbocycles. The highest BCUT2D eigenvalue weighted by molar-refractivity contribution is 6.57. The molecule has 3 rings (SSSR count). The van der Waals surface area contributed by atoms with Crippen LogP contribution in [0.2, 0.25) is 6.04 Å². The maximum absolute atomic E-state index is 12.4. The Labute approximate surface area is 249 Å². The van der Waals surface area contributed by atoms with Crippen molar-refractivity contribution >= 4 is 14.8 Å². The van der Waals surface area contributed by atoms with Crippen LogP contribution in [0, 0.1) is 0 Å². The Morgan fingerprint density at radius 2 is 1.31 bits per heavy atom. The number of hydrogen-bond donors (Lipinski definition) is 3. The van der Waals surface area contributed by atoms with Crippen LogP contribution < -0.4 is 9.47 Å². The minimum absolute atomic E-state index is 0.0343. The summed E-state index contributed by atoms with van der Waals surface area (Å²) in [7, 11) is 0.942. The van der Waals surface area contributed by atoms with Gasteiger partial charge in [-0.3, -0.25) is 4.79 Å². The van der Waals surface area contributed by atoms with Gasteiger partial charge in [0.05, 0.1) is 26.9 Å². The Morgan fingerprint density at radius 3 is 1.83 bits per heavy atom. The van der Waals surface area contributed by atoms with Crippen molar-refractivity contribution in [2.45, 2.75) is 49.9 Å². The van der Waals surface area contributed by atoms with Crippen molar-refractivity contribution in [3.63, 3.8) is 0 Å². The predicted octanol–water partition coefficient (Wildman–Crippen LogP) is 4.44. The third-order valence-corrected chi connectivity index (χ3v) is 8.80. The molecule has 10 heteroatoms. The van der Waals surface area contributed by atoms with Crippen LogP contribution in [0.3, 0.4) is 0 Å². The summed E-state index contributed by atoms with van der Waals surface area (Å²) in [5, 5.41) is 10.2. The van der Waals surface area contributed by atoms with Crippen molar-refractivity contribution < 1.29 is 42.9 Å². The van der Waals surface area contributed by atoms with E-state index in [-0.39, 0.29) is 32.1 Å². The molecule has 0 radical (unpaired) electrons. The van der Waals surface area contributed by atoms with Crippen LogP contribution in [0.5, 0.6) is 11.5 Å². The molecular weight excluding hydrogens is 556 g/mol. The Hall–Kier alpha value is -3.25. The molecule has 0 spiro atoms. The fourth-order valence-electron chi connectivity index (χ4n) is 4.76. The van der Waals surface area contributed by atoms with E-state index >= 15 is 0 Å². The van der Waals surface area contributed by atoms with Crippen LogP contribution in [0.4, 0.5) is 0 Å². The number of esters is 1. The predicted molar refractivity (Wildman–Crippen MR) is 160 cm³/mol. The summed E-state index contributed by atoms with van der Waals surface area (Å²) in [4.78, 5) is 31.6. The zero-order chi connectivity index (χ0) is 30.4. The van der Waals surface area contributed by atoms with Crippen LogP contribution in [0.25, 0.3) is 0 Å². The van der Waals surface area contributed by atoms with Gasteiger partial charge in [-0.15, -0.1) is 0 Å². The molecule has 0 heterocycles. The number of aliphatic hydroxyl groups is 1. The molecule has 3 aromatic rings. The minimum atomic E-state index is -3.57. The van der Waals surface area contributed by atoms with E-state index in [9.17, 15) is 19.5 Å². The maximum Gasteiger partial charge on any atom is 0.495 e. The van der Waals surface area contributed by atoms with Gasteiger partial charge in [-0.1, -0.05) is 61.0 Å². The molecule has 228 valence electrons. The summed E-state index contributed by atoms with van der Waals surface area (Å²) in [6.07, 6.45) is 1.22. The van der Waals surface area contributed by atoms with E-state index in [1.165, 1.54) is 7.11 Å². The zero-order valence-electron chi connectivity index (χ0n) is 24.5. The highest BCUT2D eigenvalue weighted by Crippen LogP contribution is 2.41. The fraction of sp³-hybridized carbons (Fsp3) is 0.406. The van der Waals surface area contributed by atoms with Crippen molar-refractivity contribution in [2.24, 2.45) is 0 Å². The first-order valence-electron chi connectivity index (χ1n) is 14.1. The number of rotatable bonds is 18. The molecule has 0 fully saturated rings. The van der Waals surface area contributed by atoms with Gasteiger partial charge in [0.25, 0.3) is 0 Å². The summed E-state index contributed by atoms with van der Waals surface area (Å²) >= 11 is 0. The van der Waals surface area contributed by atoms with E-state index in [1.54, 1.807) is 14.2 Å². The Bertz CT molecular complexity index is 1150. The van der Waals surface area contributed by atoms with Crippen LogP contribution in [0.1, 0.15) is 48.8 Å². The van der Waals surface area contributed by atoms with Gasteiger partial charge in [-0.25, -0.2) is 0 Å². The minimum Gasteiger partial charge on any atom is -0.497 e. The van der Waals surface area contributed by atoms with E-state index in [0.29, 0.717) is 19.3 Å².